The smallest absolute Gasteiger partial charge is 0.139 e. The van der Waals surface area contributed by atoms with E-state index in [0.29, 0.717) is 15.5 Å². The molecule has 0 aliphatic rings. The number of thiol groups is 1. The van der Waals surface area contributed by atoms with Crippen LogP contribution in [0.4, 0.5) is 4.39 Å². The molecule has 0 aromatic heterocycles. The van der Waals surface area contributed by atoms with Gasteiger partial charge in [0, 0.05) is 9.92 Å². The standard InChI is InChI=1S/C7H6ClFS/c1-4-2-5(8)3-6(10)7(4)9/h2-3,10H,1H3. The molecule has 0 heterocycles. The lowest BCUT2D eigenvalue weighted by Crippen LogP contribution is -1.83. The summed E-state index contributed by atoms with van der Waals surface area (Å²) >= 11 is 9.48. The highest BCUT2D eigenvalue weighted by molar-refractivity contribution is 7.80. The van der Waals surface area contributed by atoms with Crippen molar-refractivity contribution in [2.24, 2.45) is 0 Å². The molecule has 0 spiro atoms. The van der Waals surface area contributed by atoms with Crippen LogP contribution in [0.25, 0.3) is 0 Å². The van der Waals surface area contributed by atoms with Gasteiger partial charge in [-0.05, 0) is 24.6 Å². The monoisotopic (exact) mass is 176 g/mol. The van der Waals surface area contributed by atoms with Gasteiger partial charge in [0.25, 0.3) is 0 Å². The highest BCUT2D eigenvalue weighted by atomic mass is 35.5. The first-order chi connectivity index (χ1) is 4.61. The minimum atomic E-state index is -0.298. The molecule has 54 valence electrons. The van der Waals surface area contributed by atoms with Crippen LogP contribution in [0.1, 0.15) is 5.56 Å². The second-order valence-electron chi connectivity index (χ2n) is 2.06. The Bertz CT molecular complexity index is 237. The molecule has 0 nitrogen and oxygen atoms in total. The highest BCUT2D eigenvalue weighted by Crippen LogP contribution is 2.21. The summed E-state index contributed by atoms with van der Waals surface area (Å²) < 4.78 is 12.8. The molecule has 0 aliphatic carbocycles. The Balaban J connectivity index is 3.31. The van der Waals surface area contributed by atoms with Crippen LogP contribution in [0.3, 0.4) is 0 Å². The van der Waals surface area contributed by atoms with Gasteiger partial charge in [0.2, 0.25) is 0 Å². The maximum Gasteiger partial charge on any atom is 0.139 e. The lowest BCUT2D eigenvalue weighted by Gasteiger charge is -1.99. The van der Waals surface area contributed by atoms with E-state index < -0.39 is 0 Å². The van der Waals surface area contributed by atoms with Crippen molar-refractivity contribution in [1.29, 1.82) is 0 Å². The lowest BCUT2D eigenvalue weighted by molar-refractivity contribution is 0.593. The first kappa shape index (κ1) is 7.89. The van der Waals surface area contributed by atoms with Crippen LogP contribution in [-0.4, -0.2) is 0 Å². The van der Waals surface area contributed by atoms with Gasteiger partial charge in [0.1, 0.15) is 5.82 Å². The predicted octanol–water partition coefficient (Wildman–Crippen LogP) is 3.08. The van der Waals surface area contributed by atoms with E-state index in [0.717, 1.165) is 0 Å². The summed E-state index contributed by atoms with van der Waals surface area (Å²) in [7, 11) is 0. The molecule has 3 heteroatoms. The third-order valence-corrected chi connectivity index (χ3v) is 1.74. The van der Waals surface area contributed by atoms with E-state index >= 15 is 0 Å². The van der Waals surface area contributed by atoms with Crippen LogP contribution in [0, 0.1) is 12.7 Å². The number of benzene rings is 1. The summed E-state index contributed by atoms with van der Waals surface area (Å²) in [4.78, 5) is 0.296. The summed E-state index contributed by atoms with van der Waals surface area (Å²) in [5, 5.41) is 0.518. The van der Waals surface area contributed by atoms with E-state index in [2.05, 4.69) is 12.6 Å². The molecule has 0 N–H and O–H groups in total. The number of halogens is 2. The molecular weight excluding hydrogens is 171 g/mol. The summed E-state index contributed by atoms with van der Waals surface area (Å²) in [6.07, 6.45) is 0. The molecule has 0 unspecified atom stereocenters. The van der Waals surface area contributed by atoms with Gasteiger partial charge in [-0.1, -0.05) is 11.6 Å². The van der Waals surface area contributed by atoms with Crippen molar-refractivity contribution < 1.29 is 4.39 Å². The quantitative estimate of drug-likeness (QED) is 0.577. The highest BCUT2D eigenvalue weighted by Gasteiger charge is 2.02. The van der Waals surface area contributed by atoms with Gasteiger partial charge in [-0.3, -0.25) is 0 Å². The maximum atomic E-state index is 12.8. The summed E-state index contributed by atoms with van der Waals surface area (Å²) in [6, 6.07) is 3.05. The third-order valence-electron chi connectivity index (χ3n) is 1.20. The number of hydrogen-bond donors (Lipinski definition) is 1. The number of hydrogen-bond acceptors (Lipinski definition) is 1. The first-order valence-electron chi connectivity index (χ1n) is 2.76. The fourth-order valence-corrected chi connectivity index (χ4v) is 1.37. The van der Waals surface area contributed by atoms with Gasteiger partial charge in [-0.2, -0.15) is 0 Å². The molecule has 10 heavy (non-hydrogen) atoms. The van der Waals surface area contributed by atoms with Crippen LogP contribution < -0.4 is 0 Å². The summed E-state index contributed by atoms with van der Waals surface area (Å²) in [5.74, 6) is -0.298. The number of rotatable bonds is 0. The van der Waals surface area contributed by atoms with Gasteiger partial charge in [0.15, 0.2) is 0 Å². The normalized spacial score (nSPS) is 10.0. The van der Waals surface area contributed by atoms with E-state index in [9.17, 15) is 4.39 Å². The third kappa shape index (κ3) is 1.44. The zero-order valence-corrected chi connectivity index (χ0v) is 7.01. The zero-order chi connectivity index (χ0) is 7.72. The van der Waals surface area contributed by atoms with Gasteiger partial charge in [0.05, 0.1) is 0 Å². The SMILES string of the molecule is Cc1cc(Cl)cc(S)c1F. The van der Waals surface area contributed by atoms with Crippen molar-refractivity contribution in [3.8, 4) is 0 Å². The average Bonchev–Trinajstić information content (AvgIpc) is 1.82. The molecule has 1 aromatic rings. The van der Waals surface area contributed by atoms with Crippen molar-refractivity contribution in [3.05, 3.63) is 28.5 Å². The van der Waals surface area contributed by atoms with Crippen molar-refractivity contribution in [2.45, 2.75) is 11.8 Å². The second-order valence-corrected chi connectivity index (χ2v) is 2.97. The molecule has 0 atom stereocenters. The van der Waals surface area contributed by atoms with Crippen molar-refractivity contribution in [3.63, 3.8) is 0 Å². The van der Waals surface area contributed by atoms with Gasteiger partial charge in [-0.15, -0.1) is 12.6 Å². The Morgan fingerprint density at radius 3 is 2.60 bits per heavy atom. The van der Waals surface area contributed by atoms with E-state index in [-0.39, 0.29) is 5.82 Å². The molecule has 0 aliphatic heterocycles. The summed E-state index contributed by atoms with van der Waals surface area (Å²) in [5.41, 5.74) is 0.525. The van der Waals surface area contributed by atoms with Gasteiger partial charge < -0.3 is 0 Å². The first-order valence-corrected chi connectivity index (χ1v) is 3.58. The van der Waals surface area contributed by atoms with Crippen LogP contribution in [0.15, 0.2) is 17.0 Å². The molecule has 0 fully saturated rings. The molecule has 0 saturated heterocycles. The largest absolute Gasteiger partial charge is 0.205 e. The minimum Gasteiger partial charge on any atom is -0.205 e. The molecule has 0 radical (unpaired) electrons. The van der Waals surface area contributed by atoms with Crippen molar-refractivity contribution in [1.82, 2.24) is 0 Å². The Kier molecular flexibility index (Phi) is 2.21. The van der Waals surface area contributed by atoms with Crippen LogP contribution in [0.2, 0.25) is 5.02 Å². The molecule has 1 rings (SSSR count). The topological polar surface area (TPSA) is 0 Å². The average molecular weight is 177 g/mol. The fraction of sp³-hybridized carbons (Fsp3) is 0.143. The molecule has 0 bridgehead atoms. The lowest BCUT2D eigenvalue weighted by atomic mass is 10.2. The minimum absolute atomic E-state index is 0.296. The molecule has 0 saturated carbocycles. The summed E-state index contributed by atoms with van der Waals surface area (Å²) in [6.45, 7) is 1.65. The molecular formula is C7H6ClFS. The van der Waals surface area contributed by atoms with Crippen molar-refractivity contribution >= 4 is 24.2 Å². The van der Waals surface area contributed by atoms with Crippen LogP contribution in [-0.2, 0) is 0 Å². The Morgan fingerprint density at radius 1 is 1.50 bits per heavy atom. The van der Waals surface area contributed by atoms with E-state index in [1.807, 2.05) is 0 Å². The fourth-order valence-electron chi connectivity index (χ4n) is 0.708. The Hall–Kier alpha value is -0.210. The van der Waals surface area contributed by atoms with E-state index in [1.165, 1.54) is 6.07 Å². The van der Waals surface area contributed by atoms with E-state index in [1.54, 1.807) is 13.0 Å². The predicted molar refractivity (Wildman–Crippen MR) is 43.4 cm³/mol. The Labute approximate surface area is 69.4 Å². The van der Waals surface area contributed by atoms with Crippen molar-refractivity contribution in [2.75, 3.05) is 0 Å². The Morgan fingerprint density at radius 2 is 2.10 bits per heavy atom. The maximum absolute atomic E-state index is 12.8. The van der Waals surface area contributed by atoms with E-state index in [4.69, 9.17) is 11.6 Å². The molecule has 1 aromatic carbocycles. The van der Waals surface area contributed by atoms with Gasteiger partial charge >= 0.3 is 0 Å². The van der Waals surface area contributed by atoms with Crippen LogP contribution in [0.5, 0.6) is 0 Å². The second kappa shape index (κ2) is 2.81. The van der Waals surface area contributed by atoms with Gasteiger partial charge in [-0.25, -0.2) is 4.39 Å². The van der Waals surface area contributed by atoms with Crippen LogP contribution >= 0.6 is 24.2 Å². The molecule has 0 amide bonds. The number of aryl methyl sites for hydroxylation is 1. The zero-order valence-electron chi connectivity index (χ0n) is 5.36.